The van der Waals surface area contributed by atoms with E-state index in [9.17, 15) is 4.57 Å². The molecule has 0 bridgehead atoms. The molecule has 0 atom stereocenters. The van der Waals surface area contributed by atoms with Crippen LogP contribution < -0.4 is 51.4 Å². The molecule has 13 heavy (non-hydrogen) atoms. The van der Waals surface area contributed by atoms with Crippen LogP contribution in [0.1, 0.15) is 6.99 Å². The first-order chi connectivity index (χ1) is 5.58. The minimum absolute atomic E-state index is 0. The molecule has 0 spiro atoms. The summed E-state index contributed by atoms with van der Waals surface area (Å²) in [4.78, 5) is 17.0. The molecule has 0 unspecified atom stereocenters. The average molecular weight is 224 g/mol. The molecule has 0 radical (unpaired) electrons. The monoisotopic (exact) mass is 224 g/mol. The first kappa shape index (κ1) is 13.7. The minimum atomic E-state index is -4.01. The molecule has 0 amide bonds. The molecule has 2 N–H and O–H groups in total. The normalized spacial score (nSPS) is 11.2. The Bertz CT molecular complexity index is 323. The molecule has 0 aliphatic heterocycles. The van der Waals surface area contributed by atoms with E-state index in [0.29, 0.717) is 0 Å². The Morgan fingerprint density at radius 1 is 1.23 bits per heavy atom. The van der Waals surface area contributed by atoms with Gasteiger partial charge in [-0.3, -0.25) is 4.57 Å². The second-order valence-corrected chi connectivity index (χ2v) is 3.79. The largest absolute Gasteiger partial charge is 1.00 e. The van der Waals surface area contributed by atoms with Crippen molar-refractivity contribution < 1.29 is 67.2 Å². The number of benzene rings is 1. The van der Waals surface area contributed by atoms with Gasteiger partial charge in [0.15, 0.2) is 0 Å². The van der Waals surface area contributed by atoms with Gasteiger partial charge in [-0.05, 0) is 11.6 Å². The van der Waals surface area contributed by atoms with Gasteiger partial charge >= 0.3 is 59.0 Å². The van der Waals surface area contributed by atoms with Gasteiger partial charge in [-0.2, -0.15) is 0 Å². The van der Waals surface area contributed by atoms with Gasteiger partial charge in [0, 0.05) is 5.82 Å². The Kier molecular flexibility index (Phi) is 6.63. The molecule has 0 heterocycles. The summed E-state index contributed by atoms with van der Waals surface area (Å²) in [6.45, 7) is 0. The van der Waals surface area contributed by atoms with Gasteiger partial charge < -0.3 is 11.2 Å². The van der Waals surface area contributed by atoms with E-state index in [4.69, 9.17) is 9.79 Å². The van der Waals surface area contributed by atoms with Gasteiger partial charge in [0.05, 0.1) is 0 Å². The zero-order valence-electron chi connectivity index (χ0n) is 8.29. The maximum absolute atomic E-state index is 10.4. The summed E-state index contributed by atoms with van der Waals surface area (Å²) in [6, 6.07) is 8.99. The van der Waals surface area contributed by atoms with Crippen molar-refractivity contribution in [2.24, 2.45) is 0 Å². The second kappa shape index (κ2) is 6.27. The Hall–Kier alpha value is 0.746. The topological polar surface area (TPSA) is 57.5 Å². The fourth-order valence-electron chi connectivity index (χ4n) is 0.747. The van der Waals surface area contributed by atoms with Gasteiger partial charge in [-0.15, -0.1) is 0 Å². The van der Waals surface area contributed by atoms with Gasteiger partial charge in [0.1, 0.15) is 0 Å². The summed E-state index contributed by atoms with van der Waals surface area (Å²) < 4.78 is 10.4. The van der Waals surface area contributed by atoms with E-state index in [1.807, 2.05) is 6.07 Å². The van der Waals surface area contributed by atoms with Crippen LogP contribution in [0.4, 0.5) is 0 Å². The van der Waals surface area contributed by atoms with E-state index in [2.05, 4.69) is 0 Å². The first-order valence-electron chi connectivity index (χ1n) is 3.37. The SMILES string of the molecule is O=P(O)(O)C=Cc1ccccc1.[H-].[K+]. The summed E-state index contributed by atoms with van der Waals surface area (Å²) in [5.41, 5.74) is 0.779. The molecule has 66 valence electrons. The van der Waals surface area contributed by atoms with Crippen molar-refractivity contribution in [1.29, 1.82) is 0 Å². The Morgan fingerprint density at radius 3 is 2.23 bits per heavy atom. The average Bonchev–Trinajstić information content (AvgIpc) is 2.02. The summed E-state index contributed by atoms with van der Waals surface area (Å²) >= 11 is 0. The molecular weight excluding hydrogens is 214 g/mol. The first-order valence-corrected chi connectivity index (χ1v) is 5.06. The van der Waals surface area contributed by atoms with Crippen LogP contribution in [0.2, 0.25) is 0 Å². The summed E-state index contributed by atoms with van der Waals surface area (Å²) in [7, 11) is -4.01. The van der Waals surface area contributed by atoms with Crippen LogP contribution in [0.15, 0.2) is 36.1 Å². The maximum Gasteiger partial charge on any atom is 1.00 e. The number of rotatable bonds is 2. The van der Waals surface area contributed by atoms with Crippen LogP contribution in [0.5, 0.6) is 0 Å². The molecule has 1 aromatic carbocycles. The van der Waals surface area contributed by atoms with Crippen molar-refractivity contribution in [2.45, 2.75) is 0 Å². The van der Waals surface area contributed by atoms with E-state index >= 15 is 0 Å². The van der Waals surface area contributed by atoms with E-state index in [1.54, 1.807) is 24.3 Å². The zero-order chi connectivity index (χ0) is 9.03. The van der Waals surface area contributed by atoms with E-state index < -0.39 is 7.60 Å². The van der Waals surface area contributed by atoms with E-state index in [-0.39, 0.29) is 52.8 Å². The van der Waals surface area contributed by atoms with Crippen LogP contribution in [0.25, 0.3) is 6.08 Å². The van der Waals surface area contributed by atoms with Gasteiger partial charge in [-0.1, -0.05) is 30.3 Å². The molecule has 0 saturated heterocycles. The van der Waals surface area contributed by atoms with Gasteiger partial charge in [0.25, 0.3) is 0 Å². The summed E-state index contributed by atoms with van der Waals surface area (Å²) in [6.07, 6.45) is 1.40. The molecule has 0 aliphatic rings. The number of hydrogen-bond acceptors (Lipinski definition) is 1. The third-order valence-electron chi connectivity index (χ3n) is 1.26. The van der Waals surface area contributed by atoms with Gasteiger partial charge in [-0.25, -0.2) is 0 Å². The van der Waals surface area contributed by atoms with Crippen molar-refractivity contribution in [2.75, 3.05) is 0 Å². The van der Waals surface area contributed by atoms with Crippen molar-refractivity contribution in [3.05, 3.63) is 41.7 Å². The van der Waals surface area contributed by atoms with E-state index in [0.717, 1.165) is 11.4 Å². The van der Waals surface area contributed by atoms with Crippen LogP contribution in [0.3, 0.4) is 0 Å². The Labute approximate surface area is 121 Å². The quantitative estimate of drug-likeness (QED) is 0.498. The molecule has 5 heteroatoms. The molecule has 0 aliphatic carbocycles. The molecule has 1 aromatic rings. The Balaban J connectivity index is 0. The smallest absolute Gasteiger partial charge is 1.00 e. The molecular formula is C8H10KO3P. The summed E-state index contributed by atoms with van der Waals surface area (Å²) in [5.74, 6) is 0.891. The zero-order valence-corrected chi connectivity index (χ0v) is 11.3. The van der Waals surface area contributed by atoms with Crippen LogP contribution in [0, 0.1) is 0 Å². The molecule has 0 saturated carbocycles. The third-order valence-corrected chi connectivity index (χ3v) is 1.80. The summed E-state index contributed by atoms with van der Waals surface area (Å²) in [5, 5.41) is 0. The van der Waals surface area contributed by atoms with Crippen molar-refractivity contribution in [1.82, 2.24) is 0 Å². The van der Waals surface area contributed by atoms with Crippen LogP contribution in [-0.2, 0) is 4.57 Å². The van der Waals surface area contributed by atoms with Crippen molar-refractivity contribution in [3.8, 4) is 0 Å². The molecule has 0 aromatic heterocycles. The van der Waals surface area contributed by atoms with E-state index in [1.165, 1.54) is 6.08 Å². The molecule has 1 rings (SSSR count). The standard InChI is InChI=1S/C8H9O3P.K.H/c9-12(10,11)7-6-8-4-2-1-3-5-8;;/h1-7H,(H2,9,10,11);;/q;+1;-1. The maximum atomic E-state index is 10.4. The fourth-order valence-corrected chi connectivity index (χ4v) is 1.11. The second-order valence-electron chi connectivity index (χ2n) is 2.32. The van der Waals surface area contributed by atoms with Crippen LogP contribution in [-0.4, -0.2) is 9.79 Å². The van der Waals surface area contributed by atoms with Crippen molar-refractivity contribution >= 4 is 13.7 Å². The molecule has 3 nitrogen and oxygen atoms in total. The number of hydrogen-bond donors (Lipinski definition) is 2. The minimum Gasteiger partial charge on any atom is -1.00 e. The Morgan fingerprint density at radius 2 is 1.77 bits per heavy atom. The van der Waals surface area contributed by atoms with Gasteiger partial charge in [0.2, 0.25) is 0 Å². The molecule has 0 fully saturated rings. The van der Waals surface area contributed by atoms with Crippen LogP contribution >= 0.6 is 7.60 Å². The predicted molar refractivity (Wildman–Crippen MR) is 48.6 cm³/mol. The van der Waals surface area contributed by atoms with Crippen molar-refractivity contribution in [3.63, 3.8) is 0 Å². The third kappa shape index (κ3) is 6.77. The fraction of sp³-hybridized carbons (Fsp3) is 0. The predicted octanol–water partition coefficient (Wildman–Crippen LogP) is -1.05.